The van der Waals surface area contributed by atoms with E-state index in [1.54, 1.807) is 12.1 Å². The Morgan fingerprint density at radius 1 is 1.29 bits per heavy atom. The Hall–Kier alpha value is -1.40. The molecule has 5 nitrogen and oxygen atoms in total. The van der Waals surface area contributed by atoms with Gasteiger partial charge >= 0.3 is 0 Å². The van der Waals surface area contributed by atoms with E-state index < -0.39 is 16.0 Å². The van der Waals surface area contributed by atoms with Gasteiger partial charge < -0.3 is 9.90 Å². The van der Waals surface area contributed by atoms with Crippen LogP contribution in [0.3, 0.4) is 0 Å². The van der Waals surface area contributed by atoms with E-state index in [0.717, 1.165) is 11.1 Å². The summed E-state index contributed by atoms with van der Waals surface area (Å²) in [5.74, 6) is -1.28. The van der Waals surface area contributed by atoms with Crippen molar-refractivity contribution in [1.82, 2.24) is 4.72 Å². The summed E-state index contributed by atoms with van der Waals surface area (Å²) in [6.45, 7) is 3.53. The normalized spacial score (nSPS) is 11.4. The Labute approximate surface area is 101 Å². The minimum atomic E-state index is -3.64. The number of aliphatic carboxylic acids is 1. The topological polar surface area (TPSA) is 86.3 Å². The largest absolute Gasteiger partial charge is 0.550 e. The predicted octanol–water partition coefficient (Wildman–Crippen LogP) is -0.278. The highest BCUT2D eigenvalue weighted by molar-refractivity contribution is 7.89. The molecule has 0 saturated carbocycles. The van der Waals surface area contributed by atoms with Crippen molar-refractivity contribution in [1.29, 1.82) is 0 Å². The van der Waals surface area contributed by atoms with E-state index in [2.05, 4.69) is 4.72 Å². The van der Waals surface area contributed by atoms with Gasteiger partial charge in [0.1, 0.15) is 0 Å². The number of rotatable bonds is 5. The van der Waals surface area contributed by atoms with Crippen LogP contribution in [0, 0.1) is 13.8 Å². The first-order valence-electron chi connectivity index (χ1n) is 5.09. The van der Waals surface area contributed by atoms with Gasteiger partial charge in [0.05, 0.1) is 4.90 Å². The van der Waals surface area contributed by atoms with Crippen molar-refractivity contribution in [2.45, 2.75) is 25.2 Å². The van der Waals surface area contributed by atoms with Crippen molar-refractivity contribution in [2.24, 2.45) is 0 Å². The molecule has 6 heteroatoms. The molecular weight excluding hydrogens is 242 g/mol. The molecule has 1 aromatic carbocycles. The maximum atomic E-state index is 11.8. The number of hydrogen-bond donors (Lipinski definition) is 1. The lowest BCUT2D eigenvalue weighted by molar-refractivity contribution is -0.305. The summed E-state index contributed by atoms with van der Waals surface area (Å²) in [6, 6.07) is 4.75. The van der Waals surface area contributed by atoms with E-state index in [1.807, 2.05) is 13.8 Å². The van der Waals surface area contributed by atoms with E-state index in [1.165, 1.54) is 6.07 Å². The van der Waals surface area contributed by atoms with Crippen molar-refractivity contribution in [2.75, 3.05) is 6.54 Å². The highest BCUT2D eigenvalue weighted by Crippen LogP contribution is 2.14. The molecule has 17 heavy (non-hydrogen) atoms. The molecule has 0 heterocycles. The molecule has 1 N–H and O–H groups in total. The van der Waals surface area contributed by atoms with Crippen LogP contribution < -0.4 is 9.83 Å². The molecule has 0 aromatic heterocycles. The summed E-state index contributed by atoms with van der Waals surface area (Å²) in [4.78, 5) is 10.3. The van der Waals surface area contributed by atoms with E-state index in [9.17, 15) is 18.3 Å². The predicted molar refractivity (Wildman–Crippen MR) is 60.7 cm³/mol. The molecule has 0 aliphatic carbocycles. The highest BCUT2D eigenvalue weighted by atomic mass is 32.2. The zero-order valence-corrected chi connectivity index (χ0v) is 10.5. The Bertz CT molecular complexity index is 522. The fourth-order valence-electron chi connectivity index (χ4n) is 1.25. The lowest BCUT2D eigenvalue weighted by Gasteiger charge is -2.08. The lowest BCUT2D eigenvalue weighted by Crippen LogP contribution is -2.31. The first-order chi connectivity index (χ1) is 7.83. The van der Waals surface area contributed by atoms with Gasteiger partial charge in [-0.1, -0.05) is 6.07 Å². The summed E-state index contributed by atoms with van der Waals surface area (Å²) < 4.78 is 25.7. The summed E-state index contributed by atoms with van der Waals surface area (Å²) >= 11 is 0. The van der Waals surface area contributed by atoms with Gasteiger partial charge in [0, 0.05) is 18.9 Å². The third-order valence-electron chi connectivity index (χ3n) is 2.41. The Balaban J connectivity index is 2.82. The molecule has 0 aliphatic rings. The fourth-order valence-corrected chi connectivity index (χ4v) is 2.37. The molecule has 0 amide bonds. The van der Waals surface area contributed by atoms with Crippen LogP contribution in [0.25, 0.3) is 0 Å². The smallest absolute Gasteiger partial charge is 0.240 e. The number of nitrogens with one attached hydrogen (secondary N) is 1. The third-order valence-corrected chi connectivity index (χ3v) is 3.87. The second-order valence-electron chi connectivity index (χ2n) is 3.77. The lowest BCUT2D eigenvalue weighted by atomic mass is 10.1. The first kappa shape index (κ1) is 13.7. The van der Waals surface area contributed by atoms with Gasteiger partial charge in [-0.3, -0.25) is 0 Å². The van der Waals surface area contributed by atoms with Crippen LogP contribution in [0.1, 0.15) is 17.5 Å². The maximum absolute atomic E-state index is 11.8. The van der Waals surface area contributed by atoms with Gasteiger partial charge in [0.15, 0.2) is 0 Å². The molecule has 0 bridgehead atoms. The van der Waals surface area contributed by atoms with Crippen LogP contribution in [0.5, 0.6) is 0 Å². The van der Waals surface area contributed by atoms with Crippen molar-refractivity contribution < 1.29 is 18.3 Å². The average Bonchev–Trinajstić information content (AvgIpc) is 2.21. The summed E-state index contributed by atoms with van der Waals surface area (Å²) in [5, 5.41) is 10.2. The number of carboxylic acids is 1. The van der Waals surface area contributed by atoms with Gasteiger partial charge in [-0.2, -0.15) is 0 Å². The van der Waals surface area contributed by atoms with E-state index in [4.69, 9.17) is 0 Å². The fraction of sp³-hybridized carbons (Fsp3) is 0.364. The van der Waals surface area contributed by atoms with Crippen LogP contribution in [-0.4, -0.2) is 20.9 Å². The Morgan fingerprint density at radius 3 is 2.47 bits per heavy atom. The Morgan fingerprint density at radius 2 is 1.94 bits per heavy atom. The van der Waals surface area contributed by atoms with Crippen molar-refractivity contribution >= 4 is 16.0 Å². The summed E-state index contributed by atoms with van der Waals surface area (Å²) in [7, 11) is -3.64. The monoisotopic (exact) mass is 256 g/mol. The molecule has 1 rings (SSSR count). The highest BCUT2D eigenvalue weighted by Gasteiger charge is 2.13. The summed E-state index contributed by atoms with van der Waals surface area (Å²) in [5.41, 5.74) is 1.87. The second kappa shape index (κ2) is 5.29. The molecule has 0 fully saturated rings. The maximum Gasteiger partial charge on any atom is 0.240 e. The van der Waals surface area contributed by atoms with Gasteiger partial charge in [0.2, 0.25) is 10.0 Å². The number of carboxylic acid groups (broad SMARTS) is 1. The van der Waals surface area contributed by atoms with Crippen LogP contribution in [0.15, 0.2) is 23.1 Å². The quantitative estimate of drug-likeness (QED) is 0.785. The molecule has 0 aliphatic heterocycles. The molecule has 0 spiro atoms. The van der Waals surface area contributed by atoms with Crippen LogP contribution in [0.2, 0.25) is 0 Å². The number of aryl methyl sites for hydroxylation is 2. The standard InChI is InChI=1S/C11H15NO4S/c1-8-3-4-10(7-9(8)2)17(15,16)12-6-5-11(13)14/h3-4,7,12H,5-6H2,1-2H3,(H,13,14)/p-1. The molecule has 0 atom stereocenters. The van der Waals surface area contributed by atoms with Gasteiger partial charge in [-0.25, -0.2) is 13.1 Å². The summed E-state index contributed by atoms with van der Waals surface area (Å²) in [6.07, 6.45) is -0.343. The van der Waals surface area contributed by atoms with Gasteiger partial charge in [0.25, 0.3) is 0 Å². The first-order valence-corrected chi connectivity index (χ1v) is 6.58. The van der Waals surface area contributed by atoms with E-state index in [0.29, 0.717) is 0 Å². The van der Waals surface area contributed by atoms with E-state index >= 15 is 0 Å². The van der Waals surface area contributed by atoms with Gasteiger partial charge in [-0.05, 0) is 37.1 Å². The number of benzene rings is 1. The number of carbonyl (C=O) groups excluding carboxylic acids is 1. The molecule has 0 unspecified atom stereocenters. The minimum absolute atomic E-state index is 0.138. The molecular formula is C11H14NO4S-. The molecule has 1 aromatic rings. The number of hydrogen-bond acceptors (Lipinski definition) is 4. The van der Waals surface area contributed by atoms with Crippen LogP contribution in [-0.2, 0) is 14.8 Å². The van der Waals surface area contributed by atoms with Crippen molar-refractivity contribution in [3.63, 3.8) is 0 Å². The second-order valence-corrected chi connectivity index (χ2v) is 5.53. The number of carbonyl (C=O) groups is 1. The average molecular weight is 256 g/mol. The minimum Gasteiger partial charge on any atom is -0.550 e. The SMILES string of the molecule is Cc1ccc(S(=O)(=O)NCCC(=O)[O-])cc1C. The third kappa shape index (κ3) is 3.83. The molecule has 0 radical (unpaired) electrons. The zero-order valence-electron chi connectivity index (χ0n) is 9.69. The van der Waals surface area contributed by atoms with Gasteiger partial charge in [-0.15, -0.1) is 0 Å². The zero-order chi connectivity index (χ0) is 13.1. The van der Waals surface area contributed by atoms with Crippen LogP contribution in [0.4, 0.5) is 0 Å². The van der Waals surface area contributed by atoms with E-state index in [-0.39, 0.29) is 17.9 Å². The Kier molecular flexibility index (Phi) is 4.25. The van der Waals surface area contributed by atoms with Crippen molar-refractivity contribution in [3.05, 3.63) is 29.3 Å². The van der Waals surface area contributed by atoms with Crippen LogP contribution >= 0.6 is 0 Å². The molecule has 0 saturated heterocycles. The number of sulfonamides is 1. The molecule has 94 valence electrons. The van der Waals surface area contributed by atoms with Crippen molar-refractivity contribution in [3.8, 4) is 0 Å².